The summed E-state index contributed by atoms with van der Waals surface area (Å²) in [6.45, 7) is 2.80. The van der Waals surface area contributed by atoms with Gasteiger partial charge in [-0.3, -0.25) is 19.5 Å². The van der Waals surface area contributed by atoms with Gasteiger partial charge in [0, 0.05) is 37.7 Å². The Bertz CT molecular complexity index is 764. The van der Waals surface area contributed by atoms with Crippen molar-refractivity contribution in [3.63, 3.8) is 0 Å². The number of nitrogens with one attached hydrogen (secondary N) is 2. The molecule has 1 aliphatic rings. The zero-order valence-electron chi connectivity index (χ0n) is 14.7. The Morgan fingerprint density at radius 3 is 2.41 bits per heavy atom. The summed E-state index contributed by atoms with van der Waals surface area (Å²) < 4.78 is 18.6. The van der Waals surface area contributed by atoms with Crippen LogP contribution in [0.1, 0.15) is 11.6 Å². The molecule has 1 atom stereocenters. The van der Waals surface area contributed by atoms with Crippen LogP contribution in [0, 0.1) is 5.82 Å². The molecule has 142 valence electrons. The van der Waals surface area contributed by atoms with E-state index in [-0.39, 0.29) is 18.4 Å². The molecule has 0 bridgehead atoms. The second kappa shape index (κ2) is 9.20. The van der Waals surface area contributed by atoms with Gasteiger partial charge in [-0.2, -0.15) is 0 Å². The van der Waals surface area contributed by atoms with Crippen LogP contribution in [0.4, 0.5) is 10.1 Å². The van der Waals surface area contributed by atoms with Crippen molar-refractivity contribution in [2.45, 2.75) is 6.04 Å². The Balaban J connectivity index is 1.63. The van der Waals surface area contributed by atoms with Crippen LogP contribution in [0.2, 0.25) is 0 Å². The zero-order chi connectivity index (χ0) is 19.1. The van der Waals surface area contributed by atoms with Crippen molar-refractivity contribution in [2.75, 3.05) is 38.2 Å². The molecule has 1 fully saturated rings. The highest BCUT2D eigenvalue weighted by Gasteiger charge is 2.24. The fraction of sp³-hybridized carbons (Fsp3) is 0.316. The lowest BCUT2D eigenvalue weighted by molar-refractivity contribution is -0.136. The van der Waals surface area contributed by atoms with Crippen LogP contribution < -0.4 is 10.6 Å². The molecule has 1 unspecified atom stereocenters. The van der Waals surface area contributed by atoms with Crippen molar-refractivity contribution in [2.24, 2.45) is 0 Å². The molecule has 8 heteroatoms. The topological polar surface area (TPSA) is 83.6 Å². The van der Waals surface area contributed by atoms with E-state index in [1.807, 2.05) is 0 Å². The third-order valence-corrected chi connectivity index (χ3v) is 4.34. The number of carbonyl (C=O) groups excluding carboxylic acids is 2. The summed E-state index contributed by atoms with van der Waals surface area (Å²) in [5, 5.41) is 5.19. The van der Waals surface area contributed by atoms with Crippen molar-refractivity contribution in [1.82, 2.24) is 15.2 Å². The number of rotatable bonds is 5. The Morgan fingerprint density at radius 1 is 1.07 bits per heavy atom. The molecule has 7 nitrogen and oxygen atoms in total. The first-order valence-electron chi connectivity index (χ1n) is 8.70. The van der Waals surface area contributed by atoms with Crippen LogP contribution in [-0.4, -0.2) is 54.5 Å². The number of aromatic nitrogens is 1. The van der Waals surface area contributed by atoms with Gasteiger partial charge in [-0.1, -0.05) is 12.1 Å². The molecule has 0 saturated carbocycles. The van der Waals surface area contributed by atoms with Gasteiger partial charge in [0.2, 0.25) is 0 Å². The molecule has 2 aromatic rings. The van der Waals surface area contributed by atoms with E-state index in [9.17, 15) is 14.0 Å². The van der Waals surface area contributed by atoms with E-state index in [1.165, 1.54) is 24.5 Å². The van der Waals surface area contributed by atoms with Crippen LogP contribution in [0.15, 0.2) is 48.8 Å². The molecule has 2 amide bonds. The third kappa shape index (κ3) is 5.32. The van der Waals surface area contributed by atoms with E-state index in [0.29, 0.717) is 32.0 Å². The maximum atomic E-state index is 13.3. The van der Waals surface area contributed by atoms with Gasteiger partial charge < -0.3 is 15.4 Å². The molecule has 0 radical (unpaired) electrons. The van der Waals surface area contributed by atoms with Crippen molar-refractivity contribution in [3.8, 4) is 0 Å². The summed E-state index contributed by atoms with van der Waals surface area (Å²) >= 11 is 0. The van der Waals surface area contributed by atoms with Gasteiger partial charge in [0.25, 0.3) is 0 Å². The number of nitrogens with zero attached hydrogens (tertiary/aromatic N) is 2. The number of hydrogen-bond acceptors (Lipinski definition) is 5. The van der Waals surface area contributed by atoms with Crippen molar-refractivity contribution >= 4 is 17.5 Å². The molecule has 2 heterocycles. The molecule has 0 spiro atoms. The monoisotopic (exact) mass is 372 g/mol. The minimum Gasteiger partial charge on any atom is -0.379 e. The largest absolute Gasteiger partial charge is 0.379 e. The van der Waals surface area contributed by atoms with Gasteiger partial charge in [0.15, 0.2) is 0 Å². The number of benzene rings is 1. The van der Waals surface area contributed by atoms with Gasteiger partial charge in [-0.15, -0.1) is 0 Å². The lowest BCUT2D eigenvalue weighted by atomic mass is 10.0. The highest BCUT2D eigenvalue weighted by Crippen LogP contribution is 2.21. The highest BCUT2D eigenvalue weighted by molar-refractivity contribution is 6.39. The van der Waals surface area contributed by atoms with Gasteiger partial charge in [0.1, 0.15) is 5.82 Å². The summed E-state index contributed by atoms with van der Waals surface area (Å²) in [5.74, 6) is -1.80. The molecule has 27 heavy (non-hydrogen) atoms. The minimum atomic E-state index is -0.749. The Hall–Kier alpha value is -2.84. The summed E-state index contributed by atoms with van der Waals surface area (Å²) in [5.41, 5.74) is 1.36. The standard InChI is InChI=1S/C19H21FN4O3/c20-15-3-1-14(2-4-15)17(24-9-11-27-12-10-24)13-22-18(25)19(26)23-16-5-7-21-8-6-16/h1-8,17H,9-13H2,(H,22,25)(H,21,23,26). The Morgan fingerprint density at radius 2 is 1.74 bits per heavy atom. The summed E-state index contributed by atoms with van der Waals surface area (Å²) in [6, 6.07) is 9.19. The van der Waals surface area contributed by atoms with Crippen molar-refractivity contribution in [3.05, 3.63) is 60.2 Å². The maximum absolute atomic E-state index is 13.3. The van der Waals surface area contributed by atoms with E-state index < -0.39 is 11.8 Å². The van der Waals surface area contributed by atoms with E-state index in [2.05, 4.69) is 20.5 Å². The van der Waals surface area contributed by atoms with Gasteiger partial charge in [-0.05, 0) is 29.8 Å². The van der Waals surface area contributed by atoms with Crippen LogP contribution in [0.3, 0.4) is 0 Å². The van der Waals surface area contributed by atoms with Crippen LogP contribution >= 0.6 is 0 Å². The molecule has 2 N–H and O–H groups in total. The lowest BCUT2D eigenvalue weighted by Gasteiger charge is -2.34. The SMILES string of the molecule is O=C(NCC(c1ccc(F)cc1)N1CCOCC1)C(=O)Nc1ccncc1. The first-order valence-corrected chi connectivity index (χ1v) is 8.70. The Kier molecular flexibility index (Phi) is 6.45. The lowest BCUT2D eigenvalue weighted by Crippen LogP contribution is -2.45. The highest BCUT2D eigenvalue weighted by atomic mass is 19.1. The van der Waals surface area contributed by atoms with E-state index in [1.54, 1.807) is 24.3 Å². The van der Waals surface area contributed by atoms with Crippen LogP contribution in [0.25, 0.3) is 0 Å². The predicted octanol–water partition coefficient (Wildman–Crippen LogP) is 1.35. The second-order valence-corrected chi connectivity index (χ2v) is 6.12. The second-order valence-electron chi connectivity index (χ2n) is 6.12. The molecule has 1 aliphatic heterocycles. The number of pyridine rings is 1. The summed E-state index contributed by atoms with van der Waals surface area (Å²) in [7, 11) is 0. The number of anilines is 1. The first-order chi connectivity index (χ1) is 13.1. The van der Waals surface area contributed by atoms with Gasteiger partial charge >= 0.3 is 11.8 Å². The predicted molar refractivity (Wildman–Crippen MR) is 97.4 cm³/mol. The van der Waals surface area contributed by atoms with Crippen molar-refractivity contribution in [1.29, 1.82) is 0 Å². The molecule has 3 rings (SSSR count). The van der Waals surface area contributed by atoms with E-state index >= 15 is 0 Å². The number of amides is 2. The Labute approximate surface area is 156 Å². The molecular weight excluding hydrogens is 351 g/mol. The minimum absolute atomic E-state index is 0.174. The zero-order valence-corrected chi connectivity index (χ0v) is 14.7. The molecule has 1 saturated heterocycles. The van der Waals surface area contributed by atoms with Crippen LogP contribution in [-0.2, 0) is 14.3 Å². The van der Waals surface area contributed by atoms with Gasteiger partial charge in [0.05, 0.1) is 19.3 Å². The molecular formula is C19H21FN4O3. The van der Waals surface area contributed by atoms with Gasteiger partial charge in [-0.25, -0.2) is 4.39 Å². The quantitative estimate of drug-likeness (QED) is 0.774. The average Bonchev–Trinajstić information content (AvgIpc) is 2.71. The summed E-state index contributed by atoms with van der Waals surface area (Å²) in [6.07, 6.45) is 3.05. The molecule has 0 aliphatic carbocycles. The number of carbonyl (C=O) groups is 2. The maximum Gasteiger partial charge on any atom is 0.313 e. The molecule has 1 aromatic heterocycles. The number of ether oxygens (including phenoxy) is 1. The van der Waals surface area contributed by atoms with Crippen molar-refractivity contribution < 1.29 is 18.7 Å². The average molecular weight is 372 g/mol. The normalized spacial score (nSPS) is 15.7. The number of hydrogen-bond donors (Lipinski definition) is 2. The first kappa shape index (κ1) is 18.9. The fourth-order valence-corrected chi connectivity index (χ4v) is 2.92. The number of morpholine rings is 1. The van der Waals surface area contributed by atoms with E-state index in [0.717, 1.165) is 5.56 Å². The fourth-order valence-electron chi connectivity index (χ4n) is 2.92. The van der Waals surface area contributed by atoms with E-state index in [4.69, 9.17) is 4.74 Å². The summed E-state index contributed by atoms with van der Waals surface area (Å²) in [4.78, 5) is 30.2. The smallest absolute Gasteiger partial charge is 0.313 e. The van der Waals surface area contributed by atoms with Crippen LogP contribution in [0.5, 0.6) is 0 Å². The molecule has 1 aromatic carbocycles. The number of halogens is 1. The third-order valence-electron chi connectivity index (χ3n) is 4.34.